The highest BCUT2D eigenvalue weighted by Crippen LogP contribution is 2.65. The highest BCUT2D eigenvalue weighted by molar-refractivity contribution is 8.45. The lowest BCUT2D eigenvalue weighted by Gasteiger charge is -2.07. The molecule has 248 valence electrons. The third-order valence-corrected chi connectivity index (χ3v) is 17.5. The SMILES string of the molecule is CSC1=C(SCCCCCCSC(C)=O)SC(=C2SC(SCCOCCOCCO)=C(SCCOCCOCCO)S2)S1. The quantitative estimate of drug-likeness (QED) is 0.0796. The Hall–Kier alpha value is 1.80. The van der Waals surface area contributed by atoms with E-state index in [1.54, 1.807) is 6.92 Å². The molecular formula is C27H44O7S9. The van der Waals surface area contributed by atoms with Crippen LogP contribution in [0.4, 0.5) is 0 Å². The van der Waals surface area contributed by atoms with Crippen LogP contribution in [-0.4, -0.2) is 111 Å². The lowest BCUT2D eigenvalue weighted by atomic mass is 10.2. The number of ether oxygens (including phenoxy) is 4. The van der Waals surface area contributed by atoms with Gasteiger partial charge in [-0.25, -0.2) is 0 Å². The first-order valence-corrected chi connectivity index (χ1v) is 22.5. The minimum absolute atomic E-state index is 0.0355. The Balaban J connectivity index is 1.82. The maximum absolute atomic E-state index is 11.1. The zero-order chi connectivity index (χ0) is 31.0. The first kappa shape index (κ1) is 41.0. The van der Waals surface area contributed by atoms with E-state index in [0.29, 0.717) is 52.9 Å². The zero-order valence-electron chi connectivity index (χ0n) is 24.8. The van der Waals surface area contributed by atoms with Crippen LogP contribution in [0.2, 0.25) is 0 Å². The Labute approximate surface area is 295 Å². The van der Waals surface area contributed by atoms with Crippen LogP contribution < -0.4 is 0 Å². The standard InChI is InChI=1S/C27H44O7S9/c1-21(30)36-17-5-3-4-6-18-37-23-22(35-2)40-26(41-23)27-42-24(38-19-15-33-13-11-31-9-7-28)25(43-27)39-20-16-34-14-12-32-10-8-29/h28-29H,3-20H2,1-2H3. The Morgan fingerprint density at radius 2 is 1.00 bits per heavy atom. The average molecular weight is 769 g/mol. The number of hydrogen-bond acceptors (Lipinski definition) is 16. The van der Waals surface area contributed by atoms with Crippen molar-refractivity contribution in [1.29, 1.82) is 0 Å². The molecule has 0 aromatic carbocycles. The summed E-state index contributed by atoms with van der Waals surface area (Å²) in [4.78, 5) is 11.1. The second kappa shape index (κ2) is 27.7. The lowest BCUT2D eigenvalue weighted by molar-refractivity contribution is -0.109. The molecule has 7 nitrogen and oxygen atoms in total. The van der Waals surface area contributed by atoms with Crippen LogP contribution in [0.5, 0.6) is 0 Å². The fourth-order valence-electron chi connectivity index (χ4n) is 3.20. The van der Waals surface area contributed by atoms with E-state index in [-0.39, 0.29) is 18.3 Å². The highest BCUT2D eigenvalue weighted by Gasteiger charge is 2.30. The predicted octanol–water partition coefficient (Wildman–Crippen LogP) is 7.78. The fourth-order valence-corrected chi connectivity index (χ4v) is 15.3. The van der Waals surface area contributed by atoms with Crippen molar-refractivity contribution in [2.45, 2.75) is 32.6 Å². The minimum Gasteiger partial charge on any atom is -0.394 e. The van der Waals surface area contributed by atoms with Crippen LogP contribution in [0.25, 0.3) is 0 Å². The van der Waals surface area contributed by atoms with Gasteiger partial charge in [-0.3, -0.25) is 4.79 Å². The van der Waals surface area contributed by atoms with Gasteiger partial charge in [-0.2, -0.15) is 0 Å². The third-order valence-electron chi connectivity index (χ3n) is 5.14. The van der Waals surface area contributed by atoms with Crippen molar-refractivity contribution in [3.63, 3.8) is 0 Å². The molecule has 43 heavy (non-hydrogen) atoms. The van der Waals surface area contributed by atoms with Crippen LogP contribution in [0.3, 0.4) is 0 Å². The van der Waals surface area contributed by atoms with Crippen LogP contribution in [-0.2, 0) is 23.7 Å². The molecule has 0 saturated heterocycles. The molecule has 0 saturated carbocycles. The van der Waals surface area contributed by atoms with Gasteiger partial charge in [0.25, 0.3) is 0 Å². The molecule has 0 unspecified atom stereocenters. The topological polar surface area (TPSA) is 94.5 Å². The van der Waals surface area contributed by atoms with Gasteiger partial charge in [0.05, 0.1) is 91.5 Å². The van der Waals surface area contributed by atoms with E-state index in [1.807, 2.05) is 94.1 Å². The molecule has 2 aliphatic heterocycles. The minimum atomic E-state index is 0.0355. The molecule has 0 aromatic rings. The molecule has 0 bridgehead atoms. The van der Waals surface area contributed by atoms with E-state index in [4.69, 9.17) is 29.2 Å². The largest absolute Gasteiger partial charge is 0.394 e. The van der Waals surface area contributed by atoms with Gasteiger partial charge in [0.1, 0.15) is 0 Å². The van der Waals surface area contributed by atoms with Crippen LogP contribution in [0.15, 0.2) is 25.4 Å². The normalized spacial score (nSPS) is 15.5. The molecule has 0 spiro atoms. The van der Waals surface area contributed by atoms with E-state index in [0.717, 1.165) is 29.4 Å². The summed E-state index contributed by atoms with van der Waals surface area (Å²) in [6, 6.07) is 0. The monoisotopic (exact) mass is 768 g/mol. The maximum atomic E-state index is 11.1. The van der Waals surface area contributed by atoms with Crippen molar-refractivity contribution in [2.24, 2.45) is 0 Å². The average Bonchev–Trinajstić information content (AvgIpc) is 3.60. The van der Waals surface area contributed by atoms with Crippen molar-refractivity contribution < 1.29 is 34.0 Å². The van der Waals surface area contributed by atoms with Gasteiger partial charge in [0.2, 0.25) is 0 Å². The molecule has 0 aliphatic carbocycles. The van der Waals surface area contributed by atoms with Gasteiger partial charge >= 0.3 is 0 Å². The number of unbranched alkanes of at least 4 members (excludes halogenated alkanes) is 3. The summed E-state index contributed by atoms with van der Waals surface area (Å²) >= 11 is 16.6. The molecule has 0 amide bonds. The number of carbonyl (C=O) groups excluding carboxylic acids is 1. The molecular weight excluding hydrogens is 725 g/mol. The van der Waals surface area contributed by atoms with Crippen molar-refractivity contribution in [3.8, 4) is 0 Å². The van der Waals surface area contributed by atoms with Gasteiger partial charge in [0.15, 0.2) is 5.12 Å². The molecule has 2 N–H and O–H groups in total. The first-order valence-electron chi connectivity index (χ1n) is 14.1. The maximum Gasteiger partial charge on any atom is 0.185 e. The van der Waals surface area contributed by atoms with Crippen molar-refractivity contribution in [1.82, 2.24) is 0 Å². The molecule has 0 aromatic heterocycles. The van der Waals surface area contributed by atoms with Crippen LogP contribution in [0, 0.1) is 0 Å². The summed E-state index contributed by atoms with van der Waals surface area (Å²) in [5, 5.41) is 17.8. The second-order valence-corrected chi connectivity index (χ2v) is 19.6. The Kier molecular flexibility index (Phi) is 26.4. The fraction of sp³-hybridized carbons (Fsp3) is 0.741. The molecule has 0 fully saturated rings. The van der Waals surface area contributed by atoms with Gasteiger partial charge in [-0.05, 0) is 24.9 Å². The molecule has 0 atom stereocenters. The third kappa shape index (κ3) is 19.4. The predicted molar refractivity (Wildman–Crippen MR) is 201 cm³/mol. The summed E-state index contributed by atoms with van der Waals surface area (Å²) in [7, 11) is 0. The van der Waals surface area contributed by atoms with Crippen molar-refractivity contribution in [2.75, 3.05) is 95.3 Å². The van der Waals surface area contributed by atoms with Crippen LogP contribution >= 0.6 is 106 Å². The Morgan fingerprint density at radius 1 is 0.581 bits per heavy atom. The van der Waals surface area contributed by atoms with Gasteiger partial charge in [-0.1, -0.05) is 71.7 Å². The number of carbonyl (C=O) groups is 1. The number of thioether (sulfide) groups is 9. The summed E-state index contributed by atoms with van der Waals surface area (Å²) in [5.74, 6) is 3.82. The Bertz CT molecular complexity index is 853. The van der Waals surface area contributed by atoms with Gasteiger partial charge < -0.3 is 29.2 Å². The van der Waals surface area contributed by atoms with Gasteiger partial charge in [0, 0.05) is 24.2 Å². The number of rotatable bonds is 27. The van der Waals surface area contributed by atoms with Crippen molar-refractivity contribution >= 4 is 111 Å². The highest BCUT2D eigenvalue weighted by atomic mass is 32.3. The summed E-state index contributed by atoms with van der Waals surface area (Å²) < 4.78 is 30.2. The first-order chi connectivity index (χ1) is 21.1. The van der Waals surface area contributed by atoms with E-state index in [1.165, 1.54) is 56.4 Å². The van der Waals surface area contributed by atoms with E-state index in [9.17, 15) is 4.79 Å². The summed E-state index contributed by atoms with van der Waals surface area (Å²) in [6.45, 7) is 5.79. The number of aliphatic hydroxyl groups excluding tert-OH is 2. The molecule has 2 heterocycles. The molecule has 16 heteroatoms. The number of aliphatic hydroxyl groups is 2. The number of hydrogen-bond donors (Lipinski definition) is 2. The summed E-state index contributed by atoms with van der Waals surface area (Å²) in [6.07, 6.45) is 6.90. The smallest absolute Gasteiger partial charge is 0.185 e. The molecule has 2 aliphatic rings. The van der Waals surface area contributed by atoms with E-state index in [2.05, 4.69) is 6.26 Å². The summed E-state index contributed by atoms with van der Waals surface area (Å²) in [5.41, 5.74) is 0. The van der Waals surface area contributed by atoms with E-state index >= 15 is 0 Å². The van der Waals surface area contributed by atoms with E-state index < -0.39 is 0 Å². The van der Waals surface area contributed by atoms with Crippen LogP contribution in [0.1, 0.15) is 32.6 Å². The lowest BCUT2D eigenvalue weighted by Crippen LogP contribution is -2.08. The van der Waals surface area contributed by atoms with Crippen molar-refractivity contribution in [3.05, 3.63) is 25.4 Å². The Morgan fingerprint density at radius 3 is 1.47 bits per heavy atom. The molecule has 0 radical (unpaired) electrons. The second-order valence-electron chi connectivity index (χ2n) is 8.53. The van der Waals surface area contributed by atoms with Gasteiger partial charge in [-0.15, -0.1) is 47.0 Å². The molecule has 2 rings (SSSR count). The zero-order valence-corrected chi connectivity index (χ0v) is 32.2.